The maximum absolute atomic E-state index is 11.2. The molecule has 6 nitrogen and oxygen atoms in total. The Balaban J connectivity index is 3.57. The molecular weight excluding hydrogens is 212 g/mol. The third-order valence-corrected chi connectivity index (χ3v) is 1.66. The van der Waals surface area contributed by atoms with Crippen LogP contribution in [-0.2, 0) is 14.3 Å². The zero-order chi connectivity index (χ0) is 12.6. The molecule has 94 valence electrons. The first kappa shape index (κ1) is 14.9. The Hall–Kier alpha value is -1.14. The Morgan fingerprint density at radius 3 is 2.56 bits per heavy atom. The van der Waals surface area contributed by atoms with Crippen molar-refractivity contribution in [3.63, 3.8) is 0 Å². The zero-order valence-corrected chi connectivity index (χ0v) is 9.73. The van der Waals surface area contributed by atoms with Gasteiger partial charge in [0.25, 0.3) is 0 Å². The Labute approximate surface area is 95.1 Å². The van der Waals surface area contributed by atoms with Gasteiger partial charge in [-0.25, -0.2) is 0 Å². The number of hydrogen-bond donors (Lipinski definition) is 3. The van der Waals surface area contributed by atoms with Crippen molar-refractivity contribution in [1.29, 1.82) is 0 Å². The van der Waals surface area contributed by atoms with E-state index in [-0.39, 0.29) is 25.4 Å². The van der Waals surface area contributed by atoms with Crippen molar-refractivity contribution in [2.45, 2.75) is 26.4 Å². The Morgan fingerprint density at radius 1 is 1.44 bits per heavy atom. The number of carbonyl (C=O) groups excluding carboxylic acids is 2. The maximum Gasteiger partial charge on any atom is 0.308 e. The molecule has 0 radical (unpaired) electrons. The minimum Gasteiger partial charge on any atom is -0.465 e. The lowest BCUT2D eigenvalue weighted by atomic mass is 10.2. The summed E-state index contributed by atoms with van der Waals surface area (Å²) in [5.74, 6) is -0.675. The summed E-state index contributed by atoms with van der Waals surface area (Å²) < 4.78 is 4.88. The van der Waals surface area contributed by atoms with Crippen LogP contribution >= 0.6 is 0 Å². The Bertz CT molecular complexity index is 231. The SMILES string of the molecule is CC(C)COC(=O)CC(O)CNCC(N)=O. The van der Waals surface area contributed by atoms with Gasteiger partial charge in [0.1, 0.15) is 0 Å². The minimum absolute atomic E-state index is 0.0158. The second kappa shape index (κ2) is 8.06. The lowest BCUT2D eigenvalue weighted by Crippen LogP contribution is -2.35. The summed E-state index contributed by atoms with van der Waals surface area (Å²) >= 11 is 0. The fraction of sp³-hybridized carbons (Fsp3) is 0.800. The number of hydrogen-bond acceptors (Lipinski definition) is 5. The summed E-state index contributed by atoms with van der Waals surface area (Å²) in [4.78, 5) is 21.5. The molecule has 0 spiro atoms. The number of primary amides is 1. The van der Waals surface area contributed by atoms with Gasteiger partial charge < -0.3 is 20.9 Å². The predicted octanol–water partition coefficient (Wildman–Crippen LogP) is -0.988. The van der Waals surface area contributed by atoms with Gasteiger partial charge >= 0.3 is 5.97 Å². The van der Waals surface area contributed by atoms with Crippen molar-refractivity contribution < 1.29 is 19.4 Å². The molecule has 0 aromatic carbocycles. The monoisotopic (exact) mass is 232 g/mol. The molecule has 0 aliphatic heterocycles. The Kier molecular flexibility index (Phi) is 7.49. The van der Waals surface area contributed by atoms with Gasteiger partial charge in [-0.3, -0.25) is 9.59 Å². The van der Waals surface area contributed by atoms with Gasteiger partial charge in [0.2, 0.25) is 5.91 Å². The number of esters is 1. The summed E-state index contributed by atoms with van der Waals surface area (Å²) in [5.41, 5.74) is 4.89. The van der Waals surface area contributed by atoms with Gasteiger partial charge in [-0.1, -0.05) is 13.8 Å². The summed E-state index contributed by atoms with van der Waals surface area (Å²) in [7, 11) is 0. The molecular formula is C10H20N2O4. The van der Waals surface area contributed by atoms with E-state index < -0.39 is 18.0 Å². The molecule has 0 aliphatic rings. The van der Waals surface area contributed by atoms with Crippen LogP contribution in [0.3, 0.4) is 0 Å². The first-order chi connectivity index (χ1) is 7.41. The topological polar surface area (TPSA) is 102 Å². The van der Waals surface area contributed by atoms with Gasteiger partial charge in [-0.2, -0.15) is 0 Å². The van der Waals surface area contributed by atoms with Crippen molar-refractivity contribution in [1.82, 2.24) is 5.32 Å². The number of ether oxygens (including phenoxy) is 1. The van der Waals surface area contributed by atoms with E-state index in [9.17, 15) is 14.7 Å². The van der Waals surface area contributed by atoms with Crippen LogP contribution in [0.2, 0.25) is 0 Å². The van der Waals surface area contributed by atoms with E-state index in [1.807, 2.05) is 13.8 Å². The number of nitrogens with two attached hydrogens (primary N) is 1. The van der Waals surface area contributed by atoms with Crippen LogP contribution in [0.25, 0.3) is 0 Å². The molecule has 16 heavy (non-hydrogen) atoms. The van der Waals surface area contributed by atoms with Crippen LogP contribution in [0.15, 0.2) is 0 Å². The van der Waals surface area contributed by atoms with Crippen LogP contribution < -0.4 is 11.1 Å². The molecule has 4 N–H and O–H groups in total. The lowest BCUT2D eigenvalue weighted by Gasteiger charge is -2.11. The highest BCUT2D eigenvalue weighted by Gasteiger charge is 2.12. The fourth-order valence-corrected chi connectivity index (χ4v) is 0.945. The van der Waals surface area contributed by atoms with Crippen LogP contribution in [0.5, 0.6) is 0 Å². The van der Waals surface area contributed by atoms with Crippen molar-refractivity contribution in [2.24, 2.45) is 11.7 Å². The van der Waals surface area contributed by atoms with Crippen LogP contribution in [0.1, 0.15) is 20.3 Å². The van der Waals surface area contributed by atoms with Gasteiger partial charge in [-0.05, 0) is 5.92 Å². The van der Waals surface area contributed by atoms with Crippen molar-refractivity contribution in [3.8, 4) is 0 Å². The van der Waals surface area contributed by atoms with E-state index in [1.54, 1.807) is 0 Å². The molecule has 1 amide bonds. The molecule has 0 rings (SSSR count). The quantitative estimate of drug-likeness (QED) is 0.466. The van der Waals surface area contributed by atoms with Crippen LogP contribution in [0, 0.1) is 5.92 Å². The molecule has 0 aromatic rings. The zero-order valence-electron chi connectivity index (χ0n) is 9.73. The lowest BCUT2D eigenvalue weighted by molar-refractivity contribution is -0.146. The average Bonchev–Trinajstić information content (AvgIpc) is 2.14. The average molecular weight is 232 g/mol. The molecule has 0 aromatic heterocycles. The summed E-state index contributed by atoms with van der Waals surface area (Å²) in [6, 6.07) is 0. The van der Waals surface area contributed by atoms with Crippen LogP contribution in [-0.4, -0.2) is 42.8 Å². The van der Waals surface area contributed by atoms with E-state index in [1.165, 1.54) is 0 Å². The van der Waals surface area contributed by atoms with E-state index in [0.29, 0.717) is 6.61 Å². The van der Waals surface area contributed by atoms with Crippen molar-refractivity contribution in [3.05, 3.63) is 0 Å². The highest BCUT2D eigenvalue weighted by Crippen LogP contribution is 1.98. The number of carbonyl (C=O) groups is 2. The van der Waals surface area contributed by atoms with Gasteiger partial charge in [0.15, 0.2) is 0 Å². The number of aliphatic hydroxyl groups excluding tert-OH is 1. The third kappa shape index (κ3) is 9.42. The first-order valence-electron chi connectivity index (χ1n) is 5.24. The number of aliphatic hydroxyl groups is 1. The molecule has 0 aliphatic carbocycles. The first-order valence-corrected chi connectivity index (χ1v) is 5.24. The fourth-order valence-electron chi connectivity index (χ4n) is 0.945. The molecule has 1 unspecified atom stereocenters. The van der Waals surface area contributed by atoms with E-state index in [4.69, 9.17) is 10.5 Å². The highest BCUT2D eigenvalue weighted by atomic mass is 16.5. The van der Waals surface area contributed by atoms with Crippen LogP contribution in [0.4, 0.5) is 0 Å². The van der Waals surface area contributed by atoms with Crippen molar-refractivity contribution in [2.75, 3.05) is 19.7 Å². The largest absolute Gasteiger partial charge is 0.465 e. The number of rotatable bonds is 8. The van der Waals surface area contributed by atoms with E-state index in [2.05, 4.69) is 5.32 Å². The van der Waals surface area contributed by atoms with Gasteiger partial charge in [0, 0.05) is 6.54 Å². The smallest absolute Gasteiger partial charge is 0.308 e. The van der Waals surface area contributed by atoms with Gasteiger partial charge in [-0.15, -0.1) is 0 Å². The molecule has 6 heteroatoms. The van der Waals surface area contributed by atoms with E-state index >= 15 is 0 Å². The number of amides is 1. The summed E-state index contributed by atoms with van der Waals surface area (Å²) in [5, 5.41) is 12.0. The molecule has 0 saturated carbocycles. The summed E-state index contributed by atoms with van der Waals surface area (Å²) in [6.07, 6.45) is -0.947. The normalized spacial score (nSPS) is 12.5. The van der Waals surface area contributed by atoms with E-state index in [0.717, 1.165) is 0 Å². The standard InChI is InChI=1S/C10H20N2O4/c1-7(2)6-16-10(15)3-8(13)4-12-5-9(11)14/h7-8,12-13H,3-6H2,1-2H3,(H2,11,14). The van der Waals surface area contributed by atoms with Crippen molar-refractivity contribution >= 4 is 11.9 Å². The summed E-state index contributed by atoms with van der Waals surface area (Å²) in [6.45, 7) is 4.33. The molecule has 0 heterocycles. The molecule has 0 bridgehead atoms. The second-order valence-electron chi connectivity index (χ2n) is 4.03. The molecule has 0 fully saturated rings. The minimum atomic E-state index is -0.862. The predicted molar refractivity (Wildman–Crippen MR) is 58.5 cm³/mol. The second-order valence-corrected chi connectivity index (χ2v) is 4.03. The van der Waals surface area contributed by atoms with Gasteiger partial charge in [0.05, 0.1) is 25.7 Å². The maximum atomic E-state index is 11.2. The molecule has 0 saturated heterocycles. The third-order valence-electron chi connectivity index (χ3n) is 1.66. The Morgan fingerprint density at radius 2 is 2.06 bits per heavy atom. The number of nitrogens with one attached hydrogen (secondary N) is 1. The molecule has 1 atom stereocenters. The highest BCUT2D eigenvalue weighted by molar-refractivity contribution is 5.75.